The minimum atomic E-state index is -0.868. The first-order valence-corrected chi connectivity index (χ1v) is 7.78. The van der Waals surface area contributed by atoms with Gasteiger partial charge in [-0.05, 0) is 37.0 Å². The summed E-state index contributed by atoms with van der Waals surface area (Å²) in [6.07, 6.45) is 2.76. The van der Waals surface area contributed by atoms with Gasteiger partial charge in [-0.25, -0.2) is 0 Å². The number of carbonyl (C=O) groups is 3. The molecule has 3 N–H and O–H groups in total. The third-order valence-corrected chi connectivity index (χ3v) is 4.27. The minimum Gasteiger partial charge on any atom is -0.481 e. The number of hydrogen-bond acceptors (Lipinski definition) is 3. The first-order chi connectivity index (χ1) is 10.9. The Bertz CT molecular complexity index is 591. The van der Waals surface area contributed by atoms with E-state index in [1.165, 1.54) is 6.92 Å². The maximum absolute atomic E-state index is 11.9. The second kappa shape index (κ2) is 7.26. The number of anilines is 1. The average molecular weight is 318 g/mol. The highest BCUT2D eigenvalue weighted by atomic mass is 16.4. The van der Waals surface area contributed by atoms with Crippen LogP contribution in [0.15, 0.2) is 24.3 Å². The topological polar surface area (TPSA) is 95.5 Å². The summed E-state index contributed by atoms with van der Waals surface area (Å²) in [7, 11) is 0. The molecule has 6 nitrogen and oxygen atoms in total. The molecular formula is C17H22N2O4. The molecule has 1 fully saturated rings. The Hall–Kier alpha value is -2.37. The smallest absolute Gasteiger partial charge is 0.310 e. The highest BCUT2D eigenvalue weighted by Gasteiger charge is 2.45. The number of amides is 2. The van der Waals surface area contributed by atoms with E-state index >= 15 is 0 Å². The van der Waals surface area contributed by atoms with Crippen LogP contribution in [0.4, 0.5) is 5.69 Å². The van der Waals surface area contributed by atoms with Gasteiger partial charge in [0, 0.05) is 25.6 Å². The fourth-order valence-electron chi connectivity index (χ4n) is 2.74. The molecule has 0 bridgehead atoms. The standard InChI is InChI=1S/C17H22N2O4/c1-12(20)19-14-5-3-13(4-6-14)7-10-18-15(21)11-17(16(22)23)8-2-9-17/h3-6H,2,7-11H2,1H3,(H,18,21)(H,19,20)(H,22,23). The summed E-state index contributed by atoms with van der Waals surface area (Å²) in [5.74, 6) is -1.19. The Labute approximate surface area is 135 Å². The maximum Gasteiger partial charge on any atom is 0.310 e. The lowest BCUT2D eigenvalue weighted by atomic mass is 9.66. The zero-order valence-corrected chi connectivity index (χ0v) is 13.2. The predicted molar refractivity (Wildman–Crippen MR) is 86.0 cm³/mol. The van der Waals surface area contributed by atoms with E-state index in [2.05, 4.69) is 10.6 Å². The van der Waals surface area contributed by atoms with Crippen LogP contribution in [0.5, 0.6) is 0 Å². The third kappa shape index (κ3) is 4.55. The summed E-state index contributed by atoms with van der Waals surface area (Å²) in [5, 5.41) is 14.7. The van der Waals surface area contributed by atoms with Gasteiger partial charge in [-0.3, -0.25) is 14.4 Å². The fraction of sp³-hybridized carbons (Fsp3) is 0.471. The van der Waals surface area contributed by atoms with Gasteiger partial charge in [0.2, 0.25) is 11.8 Å². The van der Waals surface area contributed by atoms with E-state index in [1.54, 1.807) is 0 Å². The number of aliphatic carboxylic acids is 1. The summed E-state index contributed by atoms with van der Waals surface area (Å²) in [6, 6.07) is 7.41. The Balaban J connectivity index is 1.75. The van der Waals surface area contributed by atoms with Crippen molar-refractivity contribution < 1.29 is 19.5 Å². The summed E-state index contributed by atoms with van der Waals surface area (Å²) in [5.41, 5.74) is 0.930. The molecule has 1 aliphatic carbocycles. The normalized spacial score (nSPS) is 15.3. The van der Waals surface area contributed by atoms with Crippen molar-refractivity contribution in [2.75, 3.05) is 11.9 Å². The van der Waals surface area contributed by atoms with Crippen molar-refractivity contribution in [3.8, 4) is 0 Å². The molecule has 1 aromatic rings. The van der Waals surface area contributed by atoms with Gasteiger partial charge in [-0.15, -0.1) is 0 Å². The molecule has 0 spiro atoms. The predicted octanol–water partition coefficient (Wildman–Crippen LogP) is 1.95. The van der Waals surface area contributed by atoms with Crippen LogP contribution in [0.2, 0.25) is 0 Å². The number of hydrogen-bond donors (Lipinski definition) is 3. The van der Waals surface area contributed by atoms with Crippen LogP contribution in [-0.2, 0) is 20.8 Å². The van der Waals surface area contributed by atoms with Gasteiger partial charge >= 0.3 is 5.97 Å². The second-order valence-electron chi connectivity index (χ2n) is 6.09. The second-order valence-corrected chi connectivity index (χ2v) is 6.09. The number of rotatable bonds is 7. The Kier molecular flexibility index (Phi) is 5.36. The lowest BCUT2D eigenvalue weighted by molar-refractivity contribution is -0.157. The Morgan fingerprint density at radius 2 is 1.83 bits per heavy atom. The Morgan fingerprint density at radius 1 is 1.17 bits per heavy atom. The van der Waals surface area contributed by atoms with Gasteiger partial charge < -0.3 is 15.7 Å². The Morgan fingerprint density at radius 3 is 2.30 bits per heavy atom. The molecule has 0 unspecified atom stereocenters. The fourth-order valence-corrected chi connectivity index (χ4v) is 2.74. The summed E-state index contributed by atoms with van der Waals surface area (Å²) in [6.45, 7) is 1.92. The molecule has 0 aliphatic heterocycles. The molecule has 1 saturated carbocycles. The van der Waals surface area contributed by atoms with E-state index in [1.807, 2.05) is 24.3 Å². The van der Waals surface area contributed by atoms with Gasteiger partial charge in [-0.2, -0.15) is 0 Å². The molecule has 0 atom stereocenters. The number of nitrogens with one attached hydrogen (secondary N) is 2. The molecule has 0 aromatic heterocycles. The van der Waals surface area contributed by atoms with Crippen molar-refractivity contribution in [3.05, 3.63) is 29.8 Å². The van der Waals surface area contributed by atoms with Crippen LogP contribution in [-0.4, -0.2) is 29.4 Å². The van der Waals surface area contributed by atoms with Crippen molar-refractivity contribution in [1.29, 1.82) is 0 Å². The molecule has 0 saturated heterocycles. The van der Waals surface area contributed by atoms with Crippen molar-refractivity contribution in [1.82, 2.24) is 5.32 Å². The highest BCUT2D eigenvalue weighted by Crippen LogP contribution is 2.44. The van der Waals surface area contributed by atoms with Crippen molar-refractivity contribution in [2.24, 2.45) is 5.41 Å². The average Bonchev–Trinajstić information content (AvgIpc) is 2.44. The zero-order valence-electron chi connectivity index (χ0n) is 13.2. The molecule has 0 radical (unpaired) electrons. The van der Waals surface area contributed by atoms with Crippen molar-refractivity contribution >= 4 is 23.5 Å². The van der Waals surface area contributed by atoms with Crippen LogP contribution < -0.4 is 10.6 Å². The summed E-state index contributed by atoms with van der Waals surface area (Å²) in [4.78, 5) is 34.1. The van der Waals surface area contributed by atoms with Crippen LogP contribution in [0.1, 0.15) is 38.2 Å². The third-order valence-electron chi connectivity index (χ3n) is 4.27. The molecule has 23 heavy (non-hydrogen) atoms. The van der Waals surface area contributed by atoms with E-state index in [0.29, 0.717) is 25.8 Å². The lowest BCUT2D eigenvalue weighted by Gasteiger charge is -2.36. The van der Waals surface area contributed by atoms with Gasteiger partial charge in [-0.1, -0.05) is 18.6 Å². The van der Waals surface area contributed by atoms with Gasteiger partial charge in [0.1, 0.15) is 0 Å². The molecule has 6 heteroatoms. The molecule has 1 aliphatic rings. The van der Waals surface area contributed by atoms with E-state index in [-0.39, 0.29) is 18.2 Å². The number of carboxylic acid groups (broad SMARTS) is 1. The first kappa shape index (κ1) is 17.0. The van der Waals surface area contributed by atoms with E-state index in [9.17, 15) is 19.5 Å². The molecule has 2 rings (SSSR count). The number of carboxylic acids is 1. The highest BCUT2D eigenvalue weighted by molar-refractivity contribution is 5.88. The monoisotopic (exact) mass is 318 g/mol. The molecule has 2 amide bonds. The van der Waals surface area contributed by atoms with Crippen LogP contribution >= 0.6 is 0 Å². The lowest BCUT2D eigenvalue weighted by Crippen LogP contribution is -2.42. The summed E-state index contributed by atoms with van der Waals surface area (Å²) < 4.78 is 0. The molecule has 1 aromatic carbocycles. The SMILES string of the molecule is CC(=O)Nc1ccc(CCNC(=O)CC2(C(=O)O)CCC2)cc1. The number of benzene rings is 1. The van der Waals surface area contributed by atoms with Gasteiger partial charge in [0.15, 0.2) is 0 Å². The molecular weight excluding hydrogens is 296 g/mol. The van der Waals surface area contributed by atoms with Crippen molar-refractivity contribution in [2.45, 2.75) is 39.0 Å². The minimum absolute atomic E-state index is 0.0593. The van der Waals surface area contributed by atoms with E-state index < -0.39 is 11.4 Å². The van der Waals surface area contributed by atoms with E-state index in [4.69, 9.17) is 0 Å². The number of carbonyl (C=O) groups excluding carboxylic acids is 2. The van der Waals surface area contributed by atoms with E-state index in [0.717, 1.165) is 17.7 Å². The quantitative estimate of drug-likeness (QED) is 0.716. The maximum atomic E-state index is 11.9. The molecule has 124 valence electrons. The first-order valence-electron chi connectivity index (χ1n) is 7.78. The van der Waals surface area contributed by atoms with Gasteiger partial charge in [0.25, 0.3) is 0 Å². The van der Waals surface area contributed by atoms with Crippen LogP contribution in [0.25, 0.3) is 0 Å². The van der Waals surface area contributed by atoms with Crippen LogP contribution in [0, 0.1) is 5.41 Å². The summed E-state index contributed by atoms with van der Waals surface area (Å²) >= 11 is 0. The molecule has 0 heterocycles. The van der Waals surface area contributed by atoms with Gasteiger partial charge in [0.05, 0.1) is 5.41 Å². The zero-order chi connectivity index (χ0) is 16.9. The largest absolute Gasteiger partial charge is 0.481 e. The van der Waals surface area contributed by atoms with Crippen molar-refractivity contribution in [3.63, 3.8) is 0 Å². The van der Waals surface area contributed by atoms with Crippen LogP contribution in [0.3, 0.4) is 0 Å².